The molecule has 1 heterocycles. The van der Waals surface area contributed by atoms with Crippen LogP contribution in [-0.4, -0.2) is 28.1 Å². The van der Waals surface area contributed by atoms with Crippen molar-refractivity contribution < 1.29 is 14.7 Å². The monoisotopic (exact) mass is 265 g/mol. The minimum absolute atomic E-state index is 0.115. The van der Waals surface area contributed by atoms with Crippen LogP contribution < -0.4 is 10.6 Å². The molecular formula is C13H19N3O3. The van der Waals surface area contributed by atoms with Crippen LogP contribution in [0.25, 0.3) is 0 Å². The van der Waals surface area contributed by atoms with Gasteiger partial charge in [0.15, 0.2) is 0 Å². The number of carbonyl (C=O) groups excluding carboxylic acids is 1. The van der Waals surface area contributed by atoms with Gasteiger partial charge in [0.25, 0.3) is 0 Å². The Morgan fingerprint density at radius 2 is 2.16 bits per heavy atom. The number of carbonyl (C=O) groups is 2. The molecule has 1 rings (SSSR count). The van der Waals surface area contributed by atoms with E-state index in [1.54, 1.807) is 12.1 Å². The second-order valence-corrected chi connectivity index (χ2v) is 4.40. The highest BCUT2D eigenvalue weighted by molar-refractivity contribution is 5.89. The van der Waals surface area contributed by atoms with Crippen molar-refractivity contribution >= 4 is 17.7 Å². The summed E-state index contributed by atoms with van der Waals surface area (Å²) in [7, 11) is 0. The van der Waals surface area contributed by atoms with Gasteiger partial charge in [-0.25, -0.2) is 4.79 Å². The molecule has 19 heavy (non-hydrogen) atoms. The first-order valence-corrected chi connectivity index (χ1v) is 6.25. The van der Waals surface area contributed by atoms with Gasteiger partial charge < -0.3 is 15.7 Å². The highest BCUT2D eigenvalue weighted by Gasteiger charge is 2.07. The third-order valence-electron chi connectivity index (χ3n) is 2.51. The second-order valence-electron chi connectivity index (χ2n) is 4.40. The van der Waals surface area contributed by atoms with Gasteiger partial charge in [-0.05, 0) is 25.5 Å². The first kappa shape index (κ1) is 14.9. The molecule has 0 aliphatic rings. The van der Waals surface area contributed by atoms with E-state index >= 15 is 0 Å². The lowest BCUT2D eigenvalue weighted by molar-refractivity contribution is -0.136. The minimum atomic E-state index is -0.931. The molecule has 0 saturated carbocycles. The predicted molar refractivity (Wildman–Crippen MR) is 72.1 cm³/mol. The minimum Gasteiger partial charge on any atom is -0.481 e. The molecule has 1 aromatic rings. The van der Waals surface area contributed by atoms with Gasteiger partial charge >= 0.3 is 12.0 Å². The van der Waals surface area contributed by atoms with Crippen LogP contribution in [0.5, 0.6) is 0 Å². The van der Waals surface area contributed by atoms with Gasteiger partial charge in [0.1, 0.15) is 0 Å². The Kier molecular flexibility index (Phi) is 5.78. The van der Waals surface area contributed by atoms with Gasteiger partial charge in [0.2, 0.25) is 0 Å². The highest BCUT2D eigenvalue weighted by Crippen LogP contribution is 2.07. The lowest BCUT2D eigenvalue weighted by Gasteiger charge is -2.13. The molecule has 2 amide bonds. The van der Waals surface area contributed by atoms with E-state index in [2.05, 4.69) is 22.5 Å². The summed E-state index contributed by atoms with van der Waals surface area (Å²) >= 11 is 0. The van der Waals surface area contributed by atoms with E-state index < -0.39 is 5.97 Å². The average molecular weight is 265 g/mol. The molecule has 0 aromatic carbocycles. The van der Waals surface area contributed by atoms with Crippen LogP contribution in [0.2, 0.25) is 0 Å². The van der Waals surface area contributed by atoms with Crippen molar-refractivity contribution in [3.8, 4) is 0 Å². The molecule has 1 aromatic heterocycles. The fraction of sp³-hybridized carbons (Fsp3) is 0.462. The molecule has 0 fully saturated rings. The number of carboxylic acids is 1. The number of aliphatic carboxylic acids is 1. The zero-order valence-corrected chi connectivity index (χ0v) is 11.1. The van der Waals surface area contributed by atoms with Crippen molar-refractivity contribution in [1.82, 2.24) is 10.3 Å². The zero-order valence-electron chi connectivity index (χ0n) is 11.1. The molecule has 1 unspecified atom stereocenters. The maximum Gasteiger partial charge on any atom is 0.319 e. The van der Waals surface area contributed by atoms with Gasteiger partial charge in [-0.2, -0.15) is 0 Å². The summed E-state index contributed by atoms with van der Waals surface area (Å²) in [4.78, 5) is 26.1. The Balaban J connectivity index is 2.48. The first-order chi connectivity index (χ1) is 9.01. The lowest BCUT2D eigenvalue weighted by atomic mass is 10.2. The van der Waals surface area contributed by atoms with Crippen LogP contribution in [0.1, 0.15) is 32.4 Å². The van der Waals surface area contributed by atoms with Crippen molar-refractivity contribution in [3.63, 3.8) is 0 Å². The number of urea groups is 1. The quantitative estimate of drug-likeness (QED) is 0.733. The summed E-state index contributed by atoms with van der Waals surface area (Å²) < 4.78 is 0. The fourth-order valence-corrected chi connectivity index (χ4v) is 1.65. The number of amides is 2. The number of rotatable bonds is 6. The number of nitrogens with one attached hydrogen (secondary N) is 2. The summed E-state index contributed by atoms with van der Waals surface area (Å²) in [5, 5.41) is 14.1. The highest BCUT2D eigenvalue weighted by atomic mass is 16.4. The Hall–Kier alpha value is -2.11. The molecule has 1 atom stereocenters. The van der Waals surface area contributed by atoms with E-state index in [1.165, 1.54) is 6.20 Å². The zero-order chi connectivity index (χ0) is 14.3. The van der Waals surface area contributed by atoms with Crippen LogP contribution in [0.15, 0.2) is 18.3 Å². The van der Waals surface area contributed by atoms with Gasteiger partial charge in [-0.1, -0.05) is 13.3 Å². The number of pyridine rings is 1. The Bertz CT molecular complexity index is 431. The Morgan fingerprint density at radius 1 is 1.42 bits per heavy atom. The van der Waals surface area contributed by atoms with Crippen LogP contribution in [0.4, 0.5) is 10.5 Å². The van der Waals surface area contributed by atoms with E-state index in [-0.39, 0.29) is 18.5 Å². The molecule has 0 bridgehead atoms. The molecule has 0 radical (unpaired) electrons. The van der Waals surface area contributed by atoms with E-state index in [9.17, 15) is 9.59 Å². The molecule has 6 nitrogen and oxygen atoms in total. The number of hydrogen-bond acceptors (Lipinski definition) is 3. The molecular weight excluding hydrogens is 246 g/mol. The smallest absolute Gasteiger partial charge is 0.319 e. The van der Waals surface area contributed by atoms with E-state index in [1.807, 2.05) is 6.92 Å². The SMILES string of the molecule is CCCC(C)NC(=O)Nc1ccc(CC(=O)O)nc1. The van der Waals surface area contributed by atoms with Crippen LogP contribution in [0.3, 0.4) is 0 Å². The summed E-state index contributed by atoms with van der Waals surface area (Å²) in [5.41, 5.74) is 0.994. The second kappa shape index (κ2) is 7.35. The summed E-state index contributed by atoms with van der Waals surface area (Å²) in [6.07, 6.45) is 3.25. The number of nitrogens with zero attached hydrogens (tertiary/aromatic N) is 1. The van der Waals surface area contributed by atoms with Crippen molar-refractivity contribution in [2.45, 2.75) is 39.2 Å². The van der Waals surface area contributed by atoms with E-state index in [0.29, 0.717) is 11.4 Å². The van der Waals surface area contributed by atoms with Crippen LogP contribution >= 0.6 is 0 Å². The standard InChI is InChI=1S/C13H19N3O3/c1-3-4-9(2)15-13(19)16-11-6-5-10(14-8-11)7-12(17)18/h5-6,8-9H,3-4,7H2,1-2H3,(H,17,18)(H2,15,16,19). The molecule has 3 N–H and O–H groups in total. The number of hydrogen-bond donors (Lipinski definition) is 3. The number of aromatic nitrogens is 1. The van der Waals surface area contributed by atoms with Crippen LogP contribution in [0, 0.1) is 0 Å². The summed E-state index contributed by atoms with van der Waals surface area (Å²) in [6, 6.07) is 3.05. The Labute approximate surface area is 112 Å². The normalized spacial score (nSPS) is 11.7. The predicted octanol–water partition coefficient (Wildman–Crippen LogP) is 2.02. The van der Waals surface area contributed by atoms with Crippen molar-refractivity contribution in [2.75, 3.05) is 5.32 Å². The molecule has 6 heteroatoms. The average Bonchev–Trinajstić information content (AvgIpc) is 2.31. The topological polar surface area (TPSA) is 91.3 Å². The van der Waals surface area contributed by atoms with Gasteiger partial charge in [-0.3, -0.25) is 9.78 Å². The number of anilines is 1. The lowest BCUT2D eigenvalue weighted by Crippen LogP contribution is -2.35. The van der Waals surface area contributed by atoms with E-state index in [0.717, 1.165) is 12.8 Å². The maximum atomic E-state index is 11.6. The fourth-order valence-electron chi connectivity index (χ4n) is 1.65. The third-order valence-corrected chi connectivity index (χ3v) is 2.51. The third kappa shape index (κ3) is 5.85. The van der Waals surface area contributed by atoms with Gasteiger partial charge in [-0.15, -0.1) is 0 Å². The molecule has 0 aliphatic carbocycles. The first-order valence-electron chi connectivity index (χ1n) is 6.25. The maximum absolute atomic E-state index is 11.6. The van der Waals surface area contributed by atoms with Gasteiger partial charge in [0.05, 0.1) is 24.0 Å². The largest absolute Gasteiger partial charge is 0.481 e. The summed E-state index contributed by atoms with van der Waals surface area (Å²) in [6.45, 7) is 4.00. The van der Waals surface area contributed by atoms with Crippen molar-refractivity contribution in [2.24, 2.45) is 0 Å². The summed E-state index contributed by atoms with van der Waals surface area (Å²) in [5.74, 6) is -0.931. The molecule has 104 valence electrons. The van der Waals surface area contributed by atoms with Crippen molar-refractivity contribution in [3.05, 3.63) is 24.0 Å². The molecule has 0 spiro atoms. The van der Waals surface area contributed by atoms with E-state index in [4.69, 9.17) is 5.11 Å². The molecule has 0 aliphatic heterocycles. The van der Waals surface area contributed by atoms with Gasteiger partial charge in [0, 0.05) is 6.04 Å². The van der Waals surface area contributed by atoms with Crippen LogP contribution in [-0.2, 0) is 11.2 Å². The van der Waals surface area contributed by atoms with Crippen molar-refractivity contribution in [1.29, 1.82) is 0 Å². The Morgan fingerprint density at radius 3 is 2.68 bits per heavy atom. The number of carboxylic acid groups (broad SMARTS) is 1. The molecule has 0 saturated heterocycles.